The Hall–Kier alpha value is -3.16. The van der Waals surface area contributed by atoms with E-state index in [1.807, 2.05) is 41.1 Å². The number of aromatic nitrogens is 2. The molecule has 1 N–H and O–H groups in total. The highest BCUT2D eigenvalue weighted by Crippen LogP contribution is 2.30. The van der Waals surface area contributed by atoms with Crippen LogP contribution in [0.1, 0.15) is 28.9 Å². The summed E-state index contributed by atoms with van der Waals surface area (Å²) in [4.78, 5) is 15.8. The first kappa shape index (κ1) is 21.7. The summed E-state index contributed by atoms with van der Waals surface area (Å²) in [5.41, 5.74) is 2.69. The molecule has 33 heavy (non-hydrogen) atoms. The molecule has 2 fully saturated rings. The Morgan fingerprint density at radius 1 is 1.18 bits per heavy atom. The molecule has 172 valence electrons. The van der Waals surface area contributed by atoms with Crippen molar-refractivity contribution in [3.05, 3.63) is 72.4 Å². The Morgan fingerprint density at radius 3 is 2.61 bits per heavy atom. The van der Waals surface area contributed by atoms with Gasteiger partial charge in [-0.05, 0) is 36.6 Å². The first-order chi connectivity index (χ1) is 16.2. The molecular formula is C26H30N4O3. The first-order valence-corrected chi connectivity index (χ1v) is 11.5. The summed E-state index contributed by atoms with van der Waals surface area (Å²) in [6, 6.07) is 16.8. The van der Waals surface area contributed by atoms with E-state index in [9.17, 15) is 4.79 Å². The smallest absolute Gasteiger partial charge is 0.272 e. The van der Waals surface area contributed by atoms with Crippen LogP contribution >= 0.6 is 0 Å². The summed E-state index contributed by atoms with van der Waals surface area (Å²) >= 11 is 0. The van der Waals surface area contributed by atoms with E-state index in [2.05, 4.69) is 34.0 Å². The average Bonchev–Trinajstić information content (AvgIpc) is 3.19. The minimum absolute atomic E-state index is 0.104. The number of para-hydroxylation sites is 1. The molecule has 0 radical (unpaired) electrons. The van der Waals surface area contributed by atoms with Crippen molar-refractivity contribution in [3.8, 4) is 5.75 Å². The topological polar surface area (TPSA) is 68.6 Å². The highest BCUT2D eigenvalue weighted by Gasteiger charge is 2.39. The predicted octanol–water partition coefficient (Wildman–Crippen LogP) is 3.39. The molecule has 2 aromatic carbocycles. The lowest BCUT2D eigenvalue weighted by atomic mass is 9.89. The molecule has 5 rings (SSSR count). The average molecular weight is 447 g/mol. The van der Waals surface area contributed by atoms with Gasteiger partial charge in [0.1, 0.15) is 5.75 Å². The van der Waals surface area contributed by atoms with Gasteiger partial charge in [0, 0.05) is 30.1 Å². The number of ether oxygens (including phenoxy) is 2. The number of morpholine rings is 1. The van der Waals surface area contributed by atoms with Gasteiger partial charge in [-0.25, -0.2) is 0 Å². The van der Waals surface area contributed by atoms with Gasteiger partial charge in [0.15, 0.2) is 5.69 Å². The molecule has 3 atom stereocenters. The second-order valence-electron chi connectivity index (χ2n) is 8.84. The molecule has 7 nitrogen and oxygen atoms in total. The minimum atomic E-state index is -0.110. The third-order valence-electron chi connectivity index (χ3n) is 6.71. The van der Waals surface area contributed by atoms with Crippen LogP contribution in [0.4, 0.5) is 0 Å². The molecule has 3 aromatic rings. The van der Waals surface area contributed by atoms with Gasteiger partial charge in [-0.1, -0.05) is 36.4 Å². The van der Waals surface area contributed by atoms with Crippen molar-refractivity contribution in [3.63, 3.8) is 0 Å². The quantitative estimate of drug-likeness (QED) is 0.564. The normalized spacial score (nSPS) is 22.8. The molecule has 0 spiro atoms. The molecule has 2 bridgehead atoms. The highest BCUT2D eigenvalue weighted by atomic mass is 16.5. The molecule has 2 saturated heterocycles. The lowest BCUT2D eigenvalue weighted by molar-refractivity contribution is -0.0843. The number of hydrogen-bond acceptors (Lipinski definition) is 5. The van der Waals surface area contributed by atoms with Gasteiger partial charge in [-0.15, -0.1) is 6.58 Å². The summed E-state index contributed by atoms with van der Waals surface area (Å²) in [6.07, 6.45) is 3.52. The largest absolute Gasteiger partial charge is 0.497 e. The third kappa shape index (κ3) is 4.38. The van der Waals surface area contributed by atoms with Gasteiger partial charge >= 0.3 is 0 Å². The van der Waals surface area contributed by atoms with Crippen LogP contribution in [0, 0.1) is 0 Å². The Labute approximate surface area is 194 Å². The van der Waals surface area contributed by atoms with E-state index >= 15 is 0 Å². The molecule has 0 saturated carbocycles. The van der Waals surface area contributed by atoms with E-state index < -0.39 is 0 Å². The number of nitrogens with zero attached hydrogens (tertiary/aromatic N) is 3. The van der Waals surface area contributed by atoms with Gasteiger partial charge in [-0.2, -0.15) is 5.10 Å². The van der Waals surface area contributed by atoms with E-state index in [1.54, 1.807) is 13.2 Å². The van der Waals surface area contributed by atoms with E-state index in [1.165, 1.54) is 5.56 Å². The lowest BCUT2D eigenvalue weighted by Gasteiger charge is -2.48. The Kier molecular flexibility index (Phi) is 6.15. The molecule has 2 aliphatic rings. The zero-order valence-electron chi connectivity index (χ0n) is 18.9. The van der Waals surface area contributed by atoms with Crippen molar-refractivity contribution in [2.24, 2.45) is 0 Å². The van der Waals surface area contributed by atoms with Crippen LogP contribution in [0.5, 0.6) is 5.75 Å². The number of amides is 1. The fraction of sp³-hybridized carbons (Fsp3) is 0.385. The Morgan fingerprint density at radius 2 is 1.91 bits per heavy atom. The predicted molar refractivity (Wildman–Crippen MR) is 127 cm³/mol. The van der Waals surface area contributed by atoms with Gasteiger partial charge < -0.3 is 14.8 Å². The first-order valence-electron chi connectivity index (χ1n) is 11.5. The van der Waals surface area contributed by atoms with Crippen LogP contribution in [0.2, 0.25) is 0 Å². The lowest BCUT2D eigenvalue weighted by Crippen LogP contribution is -2.60. The number of methoxy groups -OCH3 is 1. The van der Waals surface area contributed by atoms with Crippen LogP contribution in [0.15, 0.2) is 61.2 Å². The van der Waals surface area contributed by atoms with Gasteiger partial charge in [0.25, 0.3) is 5.91 Å². The van der Waals surface area contributed by atoms with Crippen LogP contribution in [0.25, 0.3) is 10.9 Å². The summed E-state index contributed by atoms with van der Waals surface area (Å²) in [6.45, 7) is 6.63. The second-order valence-corrected chi connectivity index (χ2v) is 8.84. The molecular weight excluding hydrogens is 416 g/mol. The van der Waals surface area contributed by atoms with Crippen LogP contribution in [-0.4, -0.2) is 59.0 Å². The molecule has 0 aliphatic carbocycles. The standard InChI is InChI=1S/C26H30N4O3/c1-3-12-30-24-7-5-4-6-23(24)25(28-30)26(31)27-19-13-20-16-33-17-21(14-19)29(20)15-18-8-10-22(32-2)11-9-18/h3-11,19-21H,1,12-17H2,2H3,(H,27,31)/t19?,20-,21+. The Bertz CT molecular complexity index is 1130. The zero-order valence-corrected chi connectivity index (χ0v) is 18.9. The van der Waals surface area contributed by atoms with Gasteiger partial charge in [0.05, 0.1) is 32.4 Å². The number of fused-ring (bicyclic) bond motifs is 3. The third-order valence-corrected chi connectivity index (χ3v) is 6.71. The number of hydrogen-bond donors (Lipinski definition) is 1. The summed E-state index contributed by atoms with van der Waals surface area (Å²) in [7, 11) is 1.68. The van der Waals surface area contributed by atoms with Gasteiger partial charge in [-0.3, -0.25) is 14.4 Å². The fourth-order valence-corrected chi connectivity index (χ4v) is 5.12. The molecule has 1 aromatic heterocycles. The monoisotopic (exact) mass is 446 g/mol. The van der Waals surface area contributed by atoms with Crippen molar-refractivity contribution in [1.82, 2.24) is 20.0 Å². The van der Waals surface area contributed by atoms with Crippen LogP contribution in [0.3, 0.4) is 0 Å². The number of carbonyl (C=O) groups is 1. The van der Waals surface area contributed by atoms with Crippen molar-refractivity contribution in [2.45, 2.75) is 44.1 Å². The minimum Gasteiger partial charge on any atom is -0.497 e. The van der Waals surface area contributed by atoms with Crippen molar-refractivity contribution >= 4 is 16.8 Å². The number of carbonyl (C=O) groups excluding carboxylic acids is 1. The van der Waals surface area contributed by atoms with E-state index in [-0.39, 0.29) is 24.0 Å². The number of nitrogens with one attached hydrogen (secondary N) is 1. The van der Waals surface area contributed by atoms with E-state index in [4.69, 9.17) is 9.47 Å². The molecule has 1 amide bonds. The number of rotatable bonds is 7. The second kappa shape index (κ2) is 9.37. The highest BCUT2D eigenvalue weighted by molar-refractivity contribution is 6.05. The summed E-state index contributed by atoms with van der Waals surface area (Å²) in [5.74, 6) is 0.758. The van der Waals surface area contributed by atoms with E-state index in [0.717, 1.165) is 36.0 Å². The molecule has 1 unspecified atom stereocenters. The zero-order chi connectivity index (χ0) is 22.8. The van der Waals surface area contributed by atoms with Crippen LogP contribution in [-0.2, 0) is 17.8 Å². The van der Waals surface area contributed by atoms with Crippen molar-refractivity contribution in [2.75, 3.05) is 20.3 Å². The van der Waals surface area contributed by atoms with Crippen molar-refractivity contribution in [1.29, 1.82) is 0 Å². The maximum absolute atomic E-state index is 13.2. The maximum Gasteiger partial charge on any atom is 0.272 e. The Balaban J connectivity index is 1.29. The summed E-state index contributed by atoms with van der Waals surface area (Å²) < 4.78 is 13.0. The fourth-order valence-electron chi connectivity index (χ4n) is 5.12. The summed E-state index contributed by atoms with van der Waals surface area (Å²) in [5, 5.41) is 8.73. The van der Waals surface area contributed by atoms with E-state index in [0.29, 0.717) is 25.5 Å². The number of benzene rings is 2. The molecule has 7 heteroatoms. The van der Waals surface area contributed by atoms with Crippen molar-refractivity contribution < 1.29 is 14.3 Å². The molecule has 2 aliphatic heterocycles. The number of allylic oxidation sites excluding steroid dienone is 1. The SMILES string of the molecule is C=CCn1nc(C(=O)NC2C[C@H]3COC[C@@H](C2)N3Cc2ccc(OC)cc2)c2ccccc21. The van der Waals surface area contributed by atoms with Gasteiger partial charge in [0.2, 0.25) is 0 Å². The maximum atomic E-state index is 13.2. The number of piperidine rings is 1. The van der Waals surface area contributed by atoms with Crippen LogP contribution < -0.4 is 10.1 Å². The molecule has 3 heterocycles.